The van der Waals surface area contributed by atoms with E-state index < -0.39 is 0 Å². The fourth-order valence-corrected chi connectivity index (χ4v) is 2.14. The van der Waals surface area contributed by atoms with Crippen LogP contribution in [0, 0.1) is 0 Å². The standard InChI is InChI=1S/C15H22BrNO2/c16-12-8-3-1-2-4-9-13-19-15(18)17-14-10-6-5-7-11-14/h5-7,10-11H,1-4,8-9,12-13H2,(H,17,18). The van der Waals surface area contributed by atoms with E-state index in [1.165, 1.54) is 25.7 Å². The maximum Gasteiger partial charge on any atom is 0.411 e. The lowest BCUT2D eigenvalue weighted by Crippen LogP contribution is -2.14. The molecule has 0 heterocycles. The van der Waals surface area contributed by atoms with Crippen LogP contribution in [0.4, 0.5) is 10.5 Å². The van der Waals surface area contributed by atoms with Crippen molar-refractivity contribution < 1.29 is 9.53 Å². The minimum absolute atomic E-state index is 0.370. The molecule has 4 heteroatoms. The molecule has 1 amide bonds. The zero-order chi connectivity index (χ0) is 13.8. The second-order valence-electron chi connectivity index (χ2n) is 4.44. The Hall–Kier alpha value is -1.03. The number of hydrogen-bond acceptors (Lipinski definition) is 2. The van der Waals surface area contributed by atoms with Gasteiger partial charge in [-0.15, -0.1) is 0 Å². The van der Waals surface area contributed by atoms with Crippen LogP contribution in [0.5, 0.6) is 0 Å². The Morgan fingerprint density at radius 1 is 1.00 bits per heavy atom. The number of rotatable bonds is 9. The molecule has 1 rings (SSSR count). The fourth-order valence-electron chi connectivity index (χ4n) is 1.74. The number of unbranched alkanes of at least 4 members (excludes halogenated alkanes) is 5. The van der Waals surface area contributed by atoms with E-state index in [4.69, 9.17) is 4.74 Å². The van der Waals surface area contributed by atoms with Crippen molar-refractivity contribution in [3.05, 3.63) is 30.3 Å². The van der Waals surface area contributed by atoms with Gasteiger partial charge in [-0.3, -0.25) is 5.32 Å². The number of carbonyl (C=O) groups excluding carboxylic acids is 1. The van der Waals surface area contributed by atoms with Gasteiger partial charge in [-0.2, -0.15) is 0 Å². The predicted molar refractivity (Wildman–Crippen MR) is 82.9 cm³/mol. The molecule has 1 N–H and O–H groups in total. The molecule has 106 valence electrons. The molecule has 0 unspecified atom stereocenters. The van der Waals surface area contributed by atoms with Gasteiger partial charge < -0.3 is 4.74 Å². The quantitative estimate of drug-likeness (QED) is 0.513. The molecular weight excluding hydrogens is 306 g/mol. The van der Waals surface area contributed by atoms with Gasteiger partial charge in [-0.1, -0.05) is 59.8 Å². The van der Waals surface area contributed by atoms with E-state index in [2.05, 4.69) is 21.2 Å². The van der Waals surface area contributed by atoms with Gasteiger partial charge >= 0.3 is 6.09 Å². The van der Waals surface area contributed by atoms with Crippen molar-refractivity contribution in [3.8, 4) is 0 Å². The number of benzene rings is 1. The van der Waals surface area contributed by atoms with Crippen molar-refractivity contribution in [2.75, 3.05) is 17.3 Å². The first kappa shape index (κ1) is 16.0. The number of nitrogens with one attached hydrogen (secondary N) is 1. The molecule has 0 radical (unpaired) electrons. The molecule has 0 spiro atoms. The summed E-state index contributed by atoms with van der Waals surface area (Å²) in [5.41, 5.74) is 0.766. The number of ether oxygens (including phenoxy) is 1. The SMILES string of the molecule is O=C(Nc1ccccc1)OCCCCCCCCBr. The third kappa shape index (κ3) is 8.65. The van der Waals surface area contributed by atoms with E-state index in [-0.39, 0.29) is 6.09 Å². The summed E-state index contributed by atoms with van der Waals surface area (Å²) in [5.74, 6) is 0. The molecule has 0 bridgehead atoms. The van der Waals surface area contributed by atoms with Crippen molar-refractivity contribution in [2.45, 2.75) is 38.5 Å². The number of halogens is 1. The van der Waals surface area contributed by atoms with E-state index in [9.17, 15) is 4.79 Å². The molecule has 0 aliphatic heterocycles. The van der Waals surface area contributed by atoms with Gasteiger partial charge in [-0.05, 0) is 25.0 Å². The van der Waals surface area contributed by atoms with Crippen molar-refractivity contribution in [2.24, 2.45) is 0 Å². The van der Waals surface area contributed by atoms with Crippen molar-refractivity contribution in [1.29, 1.82) is 0 Å². The number of hydrogen-bond donors (Lipinski definition) is 1. The smallest absolute Gasteiger partial charge is 0.411 e. The van der Waals surface area contributed by atoms with E-state index in [1.54, 1.807) is 0 Å². The second kappa shape index (κ2) is 10.9. The Kier molecular flexibility index (Phi) is 9.15. The highest BCUT2D eigenvalue weighted by molar-refractivity contribution is 9.09. The van der Waals surface area contributed by atoms with Gasteiger partial charge in [0.1, 0.15) is 0 Å². The first-order valence-corrected chi connectivity index (χ1v) is 8.00. The summed E-state index contributed by atoms with van der Waals surface area (Å²) in [4.78, 5) is 11.4. The lowest BCUT2D eigenvalue weighted by atomic mass is 10.1. The monoisotopic (exact) mass is 327 g/mol. The molecule has 3 nitrogen and oxygen atoms in total. The van der Waals surface area contributed by atoms with Crippen molar-refractivity contribution in [3.63, 3.8) is 0 Å². The average molecular weight is 328 g/mol. The van der Waals surface area contributed by atoms with Gasteiger partial charge in [0.2, 0.25) is 0 Å². The van der Waals surface area contributed by atoms with Gasteiger partial charge in [0.25, 0.3) is 0 Å². The number of carbonyl (C=O) groups is 1. The van der Waals surface area contributed by atoms with Crippen LogP contribution in [0.3, 0.4) is 0 Å². The fraction of sp³-hybridized carbons (Fsp3) is 0.533. The number of para-hydroxylation sites is 1. The number of anilines is 1. The highest BCUT2D eigenvalue weighted by Crippen LogP contribution is 2.08. The van der Waals surface area contributed by atoms with Crippen LogP contribution in [-0.4, -0.2) is 18.0 Å². The minimum Gasteiger partial charge on any atom is -0.449 e. The summed E-state index contributed by atoms with van der Waals surface area (Å²) in [6.45, 7) is 0.497. The van der Waals surface area contributed by atoms with E-state index >= 15 is 0 Å². The van der Waals surface area contributed by atoms with Crippen LogP contribution < -0.4 is 5.32 Å². The summed E-state index contributed by atoms with van der Waals surface area (Å²) in [7, 11) is 0. The molecule has 0 aliphatic rings. The largest absolute Gasteiger partial charge is 0.449 e. The third-order valence-electron chi connectivity index (χ3n) is 2.78. The second-order valence-corrected chi connectivity index (χ2v) is 5.23. The van der Waals surface area contributed by atoms with Crippen LogP contribution in [0.2, 0.25) is 0 Å². The molecule has 0 saturated heterocycles. The molecule has 1 aromatic rings. The third-order valence-corrected chi connectivity index (χ3v) is 3.34. The molecule has 1 aromatic carbocycles. The molecule has 0 fully saturated rings. The highest BCUT2D eigenvalue weighted by atomic mass is 79.9. The summed E-state index contributed by atoms with van der Waals surface area (Å²) in [6.07, 6.45) is 6.71. The average Bonchev–Trinajstić information content (AvgIpc) is 2.43. The molecule has 0 aliphatic carbocycles. The summed E-state index contributed by atoms with van der Waals surface area (Å²) >= 11 is 3.42. The predicted octanol–water partition coefficient (Wildman–Crippen LogP) is 4.97. The van der Waals surface area contributed by atoms with Crippen LogP contribution in [0.25, 0.3) is 0 Å². The topological polar surface area (TPSA) is 38.3 Å². The zero-order valence-corrected chi connectivity index (χ0v) is 12.8. The van der Waals surface area contributed by atoms with Crippen molar-refractivity contribution >= 4 is 27.7 Å². The Bertz CT molecular complexity index is 343. The number of amides is 1. The molecule has 19 heavy (non-hydrogen) atoms. The zero-order valence-electron chi connectivity index (χ0n) is 11.2. The van der Waals surface area contributed by atoms with Crippen LogP contribution in [0.15, 0.2) is 30.3 Å². The van der Waals surface area contributed by atoms with E-state index in [0.717, 1.165) is 23.9 Å². The minimum atomic E-state index is -0.370. The molecular formula is C15H22BrNO2. The maximum absolute atomic E-state index is 11.4. The maximum atomic E-state index is 11.4. The van der Waals surface area contributed by atoms with Crippen LogP contribution >= 0.6 is 15.9 Å². The molecule has 0 aromatic heterocycles. The lowest BCUT2D eigenvalue weighted by Gasteiger charge is -2.06. The lowest BCUT2D eigenvalue weighted by molar-refractivity contribution is 0.159. The van der Waals surface area contributed by atoms with E-state index in [0.29, 0.717) is 6.61 Å². The van der Waals surface area contributed by atoms with Gasteiger partial charge in [0.15, 0.2) is 0 Å². The van der Waals surface area contributed by atoms with E-state index in [1.807, 2.05) is 30.3 Å². The van der Waals surface area contributed by atoms with Crippen molar-refractivity contribution in [1.82, 2.24) is 0 Å². The summed E-state index contributed by atoms with van der Waals surface area (Å²) in [6, 6.07) is 9.34. The Morgan fingerprint density at radius 2 is 1.63 bits per heavy atom. The Balaban J connectivity index is 1.96. The van der Waals surface area contributed by atoms with Crippen LogP contribution in [0.1, 0.15) is 38.5 Å². The summed E-state index contributed by atoms with van der Waals surface area (Å²) in [5, 5.41) is 3.79. The highest BCUT2D eigenvalue weighted by Gasteiger charge is 2.01. The Labute approximate surface area is 123 Å². The molecule has 0 atom stereocenters. The van der Waals surface area contributed by atoms with Gasteiger partial charge in [0, 0.05) is 11.0 Å². The first-order chi connectivity index (χ1) is 9.33. The Morgan fingerprint density at radius 3 is 2.32 bits per heavy atom. The number of alkyl halides is 1. The van der Waals surface area contributed by atoms with Gasteiger partial charge in [0.05, 0.1) is 6.61 Å². The normalized spacial score (nSPS) is 10.2. The first-order valence-electron chi connectivity index (χ1n) is 6.87. The molecule has 0 saturated carbocycles. The van der Waals surface area contributed by atoms with Gasteiger partial charge in [-0.25, -0.2) is 4.79 Å². The van der Waals surface area contributed by atoms with Crippen LogP contribution in [-0.2, 0) is 4.74 Å². The summed E-state index contributed by atoms with van der Waals surface area (Å²) < 4.78 is 5.12.